The zero-order valence-corrected chi connectivity index (χ0v) is 16.3. The molecule has 2 saturated carbocycles. The minimum Gasteiger partial charge on any atom is -0.0625 e. The Kier molecular flexibility index (Phi) is 4.26. The molecule has 0 heterocycles. The van der Waals surface area contributed by atoms with Crippen molar-refractivity contribution in [3.63, 3.8) is 0 Å². The van der Waals surface area contributed by atoms with Gasteiger partial charge in [0.15, 0.2) is 0 Å². The second-order valence-electron chi connectivity index (χ2n) is 9.11. The third-order valence-corrected chi connectivity index (χ3v) is 7.21. The van der Waals surface area contributed by atoms with Crippen molar-refractivity contribution in [3.05, 3.63) is 70.8 Å². The molecule has 0 amide bonds. The van der Waals surface area contributed by atoms with E-state index in [-0.39, 0.29) is 5.41 Å². The Morgan fingerprint density at radius 2 is 1.20 bits per heavy atom. The molecule has 2 aromatic carbocycles. The molecule has 132 valence electrons. The van der Waals surface area contributed by atoms with Crippen LogP contribution in [0.25, 0.3) is 0 Å². The maximum Gasteiger partial charge on any atom is 0.0256 e. The van der Waals surface area contributed by atoms with Crippen molar-refractivity contribution in [2.45, 2.75) is 58.8 Å². The predicted molar refractivity (Wildman–Crippen MR) is 107 cm³/mol. The number of aryl methyl sites for hydroxylation is 2. The lowest BCUT2D eigenvalue weighted by Gasteiger charge is -2.55. The van der Waals surface area contributed by atoms with Crippen LogP contribution in [0, 0.1) is 37.5 Å². The van der Waals surface area contributed by atoms with E-state index in [1.165, 1.54) is 36.8 Å². The summed E-state index contributed by atoms with van der Waals surface area (Å²) in [5.74, 6) is 3.28. The number of hydrogen-bond acceptors (Lipinski definition) is 0. The van der Waals surface area contributed by atoms with Crippen LogP contribution < -0.4 is 0 Å². The largest absolute Gasteiger partial charge is 0.0625 e. The van der Waals surface area contributed by atoms with Crippen LogP contribution in [0.15, 0.2) is 48.5 Å². The molecule has 0 nitrogen and oxygen atoms in total. The fraction of sp³-hybridized carbons (Fsp3) is 0.520. The highest BCUT2D eigenvalue weighted by Crippen LogP contribution is 2.58. The standard InChI is InChI=1S/C25H32/c1-17-5-9-22(10-6-17)25(23-11-7-18(2)8-12-23)20(4)15-21-13-19(3)14-24(25)16-21/h5-12,19-21,24H,13-16H2,1-4H3. The molecule has 0 aromatic heterocycles. The van der Waals surface area contributed by atoms with Crippen molar-refractivity contribution >= 4 is 0 Å². The number of rotatable bonds is 2. The molecule has 2 fully saturated rings. The lowest BCUT2D eigenvalue weighted by molar-refractivity contribution is 0.0402. The van der Waals surface area contributed by atoms with Crippen molar-refractivity contribution < 1.29 is 0 Å². The van der Waals surface area contributed by atoms with Crippen LogP contribution in [0.2, 0.25) is 0 Å². The third kappa shape index (κ3) is 2.75. The lowest BCUT2D eigenvalue weighted by atomic mass is 9.48. The molecule has 0 radical (unpaired) electrons. The molecule has 0 spiro atoms. The van der Waals surface area contributed by atoms with E-state index in [1.54, 1.807) is 11.1 Å². The Morgan fingerprint density at radius 3 is 1.72 bits per heavy atom. The zero-order chi connectivity index (χ0) is 17.6. The molecule has 4 atom stereocenters. The van der Waals surface area contributed by atoms with Gasteiger partial charge in [-0.3, -0.25) is 0 Å². The summed E-state index contributed by atoms with van der Waals surface area (Å²) in [7, 11) is 0. The van der Waals surface area contributed by atoms with E-state index >= 15 is 0 Å². The molecule has 0 N–H and O–H groups in total. The summed E-state index contributed by atoms with van der Waals surface area (Å²) < 4.78 is 0. The van der Waals surface area contributed by atoms with Crippen molar-refractivity contribution in [1.82, 2.24) is 0 Å². The van der Waals surface area contributed by atoms with Gasteiger partial charge in [-0.15, -0.1) is 0 Å². The molecule has 2 aliphatic carbocycles. The molecule has 2 aliphatic rings. The first-order valence-corrected chi connectivity index (χ1v) is 10.1. The van der Waals surface area contributed by atoms with Gasteiger partial charge in [-0.2, -0.15) is 0 Å². The number of fused-ring (bicyclic) bond motifs is 2. The fourth-order valence-electron chi connectivity index (χ4n) is 6.26. The molecule has 25 heavy (non-hydrogen) atoms. The molecular formula is C25H32. The van der Waals surface area contributed by atoms with E-state index < -0.39 is 0 Å². The summed E-state index contributed by atoms with van der Waals surface area (Å²) in [6.07, 6.45) is 5.61. The number of hydrogen-bond donors (Lipinski definition) is 0. The summed E-state index contributed by atoms with van der Waals surface area (Å²) in [4.78, 5) is 0. The smallest absolute Gasteiger partial charge is 0.0256 e. The molecule has 0 heteroatoms. The predicted octanol–water partition coefficient (Wildman–Crippen LogP) is 6.68. The lowest BCUT2D eigenvalue weighted by Crippen LogP contribution is -2.50. The van der Waals surface area contributed by atoms with Crippen LogP contribution in [0.4, 0.5) is 0 Å². The summed E-state index contributed by atoms with van der Waals surface area (Å²) in [6, 6.07) is 19.0. The van der Waals surface area contributed by atoms with Gasteiger partial charge < -0.3 is 0 Å². The second-order valence-corrected chi connectivity index (χ2v) is 9.11. The van der Waals surface area contributed by atoms with E-state index in [1.807, 2.05) is 0 Å². The van der Waals surface area contributed by atoms with Gasteiger partial charge in [0.05, 0.1) is 0 Å². The van der Waals surface area contributed by atoms with Crippen molar-refractivity contribution in [1.29, 1.82) is 0 Å². The molecular weight excluding hydrogens is 300 g/mol. The SMILES string of the molecule is Cc1ccc(C2(c3ccc(C)cc3)C(C)CC3CC(C)CC2C3)cc1. The average Bonchev–Trinajstić information content (AvgIpc) is 2.57. The van der Waals surface area contributed by atoms with Crippen LogP contribution in [0.1, 0.15) is 61.8 Å². The molecule has 2 bridgehead atoms. The zero-order valence-electron chi connectivity index (χ0n) is 16.3. The number of benzene rings is 2. The van der Waals surface area contributed by atoms with Gasteiger partial charge in [-0.1, -0.05) is 73.5 Å². The average molecular weight is 333 g/mol. The normalized spacial score (nSPS) is 30.9. The first-order chi connectivity index (χ1) is 12.0. The van der Waals surface area contributed by atoms with Crippen molar-refractivity contribution in [2.75, 3.05) is 0 Å². The van der Waals surface area contributed by atoms with Crippen molar-refractivity contribution in [2.24, 2.45) is 23.7 Å². The summed E-state index contributed by atoms with van der Waals surface area (Å²) in [5, 5.41) is 0. The molecule has 2 aromatic rings. The second kappa shape index (κ2) is 6.31. The minimum atomic E-state index is 0.187. The Balaban J connectivity index is 1.91. The van der Waals surface area contributed by atoms with E-state index in [9.17, 15) is 0 Å². The highest BCUT2D eigenvalue weighted by Gasteiger charge is 2.52. The molecule has 4 unspecified atom stereocenters. The summed E-state index contributed by atoms with van der Waals surface area (Å²) >= 11 is 0. The maximum absolute atomic E-state index is 2.52. The monoisotopic (exact) mass is 332 g/mol. The van der Waals surface area contributed by atoms with Gasteiger partial charge in [0.25, 0.3) is 0 Å². The van der Waals surface area contributed by atoms with E-state index in [0.29, 0.717) is 5.92 Å². The molecule has 4 rings (SSSR count). The Morgan fingerprint density at radius 1 is 0.680 bits per heavy atom. The summed E-state index contributed by atoms with van der Waals surface area (Å²) in [6.45, 7) is 9.40. The Labute approximate surface area is 153 Å². The fourth-order valence-corrected chi connectivity index (χ4v) is 6.26. The topological polar surface area (TPSA) is 0 Å². The Bertz CT molecular complexity index is 672. The minimum absolute atomic E-state index is 0.187. The van der Waals surface area contributed by atoms with E-state index in [2.05, 4.69) is 76.2 Å². The maximum atomic E-state index is 2.52. The van der Waals surface area contributed by atoms with E-state index in [0.717, 1.165) is 17.8 Å². The highest BCUT2D eigenvalue weighted by atomic mass is 14.6. The summed E-state index contributed by atoms with van der Waals surface area (Å²) in [5.41, 5.74) is 6.01. The van der Waals surface area contributed by atoms with Gasteiger partial charge >= 0.3 is 0 Å². The highest BCUT2D eigenvalue weighted by molar-refractivity contribution is 5.44. The third-order valence-electron chi connectivity index (χ3n) is 7.21. The Hall–Kier alpha value is -1.56. The van der Waals surface area contributed by atoms with Crippen LogP contribution in [-0.4, -0.2) is 0 Å². The van der Waals surface area contributed by atoms with Crippen LogP contribution in [-0.2, 0) is 5.41 Å². The van der Waals surface area contributed by atoms with Gasteiger partial charge in [0, 0.05) is 5.41 Å². The molecule has 0 aliphatic heterocycles. The van der Waals surface area contributed by atoms with Gasteiger partial charge in [-0.25, -0.2) is 0 Å². The van der Waals surface area contributed by atoms with Crippen LogP contribution in [0.5, 0.6) is 0 Å². The first kappa shape index (κ1) is 16.9. The van der Waals surface area contributed by atoms with Gasteiger partial charge in [0.1, 0.15) is 0 Å². The van der Waals surface area contributed by atoms with Crippen LogP contribution in [0.3, 0.4) is 0 Å². The van der Waals surface area contributed by atoms with Gasteiger partial charge in [-0.05, 0) is 74.3 Å². The van der Waals surface area contributed by atoms with Crippen molar-refractivity contribution in [3.8, 4) is 0 Å². The van der Waals surface area contributed by atoms with Crippen LogP contribution >= 0.6 is 0 Å². The molecule has 0 saturated heterocycles. The van der Waals surface area contributed by atoms with E-state index in [4.69, 9.17) is 0 Å². The quantitative estimate of drug-likeness (QED) is 0.575. The van der Waals surface area contributed by atoms with Gasteiger partial charge in [0.2, 0.25) is 0 Å². The first-order valence-electron chi connectivity index (χ1n) is 10.1.